The first-order valence-corrected chi connectivity index (χ1v) is 7.28. The van der Waals surface area contributed by atoms with Gasteiger partial charge in [0.15, 0.2) is 0 Å². The van der Waals surface area contributed by atoms with Crippen LogP contribution in [0.5, 0.6) is 0 Å². The zero-order chi connectivity index (χ0) is 14.7. The summed E-state index contributed by atoms with van der Waals surface area (Å²) in [4.78, 5) is 10.7. The van der Waals surface area contributed by atoms with Gasteiger partial charge in [-0.2, -0.15) is 0 Å². The molecule has 0 aromatic carbocycles. The minimum Gasteiger partial charge on any atom is -0.384 e. The quantitative estimate of drug-likeness (QED) is 0.942. The number of hydrogen-bond acceptors (Lipinski definition) is 4. The normalized spacial score (nSPS) is 19.6. The Morgan fingerprint density at radius 2 is 2.14 bits per heavy atom. The molecule has 3 heterocycles. The van der Waals surface area contributed by atoms with E-state index in [0.29, 0.717) is 5.82 Å². The highest BCUT2D eigenvalue weighted by Gasteiger charge is 2.25. The maximum atomic E-state index is 13.0. The van der Waals surface area contributed by atoms with Crippen LogP contribution in [0.3, 0.4) is 0 Å². The van der Waals surface area contributed by atoms with Crippen LogP contribution in [-0.4, -0.2) is 21.4 Å². The highest BCUT2D eigenvalue weighted by molar-refractivity contribution is 5.31. The fraction of sp³-hybridized carbons (Fsp3) is 0.375. The molecule has 2 N–H and O–H groups in total. The molecule has 1 fully saturated rings. The Labute approximate surface area is 123 Å². The molecule has 1 saturated heterocycles. The van der Waals surface area contributed by atoms with Gasteiger partial charge in [0.05, 0.1) is 17.9 Å². The Bertz CT molecular complexity index is 599. The lowest BCUT2D eigenvalue weighted by atomic mass is 9.98. The van der Waals surface area contributed by atoms with Crippen LogP contribution in [0, 0.1) is 5.82 Å². The molecule has 0 amide bonds. The van der Waals surface area contributed by atoms with Gasteiger partial charge in [0.2, 0.25) is 0 Å². The van der Waals surface area contributed by atoms with Crippen LogP contribution in [0.25, 0.3) is 0 Å². The largest absolute Gasteiger partial charge is 0.384 e. The monoisotopic (exact) mass is 286 g/mol. The van der Waals surface area contributed by atoms with Gasteiger partial charge < -0.3 is 5.73 Å². The van der Waals surface area contributed by atoms with Gasteiger partial charge in [0.1, 0.15) is 11.6 Å². The summed E-state index contributed by atoms with van der Waals surface area (Å²) in [6.45, 7) is 1.84. The Morgan fingerprint density at radius 3 is 2.90 bits per heavy atom. The number of hydrogen-bond donors (Lipinski definition) is 1. The highest BCUT2D eigenvalue weighted by atomic mass is 19.1. The predicted octanol–water partition coefficient (Wildman–Crippen LogP) is 2.93. The van der Waals surface area contributed by atoms with Gasteiger partial charge in [0, 0.05) is 12.7 Å². The zero-order valence-electron chi connectivity index (χ0n) is 11.9. The third-order valence-electron chi connectivity index (χ3n) is 3.94. The van der Waals surface area contributed by atoms with Crippen molar-refractivity contribution < 1.29 is 4.39 Å². The Morgan fingerprint density at radius 1 is 1.24 bits per heavy atom. The molecule has 1 atom stereocenters. The number of nitrogens with two attached hydrogens (primary N) is 1. The average molecular weight is 286 g/mol. The number of piperidine rings is 1. The van der Waals surface area contributed by atoms with Crippen LogP contribution in [0.15, 0.2) is 36.7 Å². The second kappa shape index (κ2) is 6.18. The van der Waals surface area contributed by atoms with Gasteiger partial charge in [-0.1, -0.05) is 6.42 Å². The lowest BCUT2D eigenvalue weighted by molar-refractivity contribution is 0.137. The molecule has 0 spiro atoms. The number of rotatable bonds is 3. The van der Waals surface area contributed by atoms with Crippen LogP contribution >= 0.6 is 0 Å². The van der Waals surface area contributed by atoms with Crippen molar-refractivity contribution in [3.05, 3.63) is 53.7 Å². The SMILES string of the molecule is Nc1cc(CN2CCCCC2c2ccc(F)cn2)ccn1. The second-order valence-corrected chi connectivity index (χ2v) is 5.47. The maximum absolute atomic E-state index is 13.0. The van der Waals surface area contributed by atoms with Crippen LogP contribution in [0.1, 0.15) is 36.6 Å². The summed E-state index contributed by atoms with van der Waals surface area (Å²) in [7, 11) is 0. The molecule has 5 heteroatoms. The minimum absolute atomic E-state index is 0.244. The second-order valence-electron chi connectivity index (χ2n) is 5.47. The maximum Gasteiger partial charge on any atom is 0.141 e. The summed E-state index contributed by atoms with van der Waals surface area (Å²) in [5, 5.41) is 0. The van der Waals surface area contributed by atoms with Crippen LogP contribution in [-0.2, 0) is 6.54 Å². The lowest BCUT2D eigenvalue weighted by Crippen LogP contribution is -2.33. The van der Waals surface area contributed by atoms with Gasteiger partial charge >= 0.3 is 0 Å². The minimum atomic E-state index is -0.289. The first-order valence-electron chi connectivity index (χ1n) is 7.28. The number of likely N-dealkylation sites (tertiary alicyclic amines) is 1. The molecule has 0 saturated carbocycles. The highest BCUT2D eigenvalue weighted by Crippen LogP contribution is 2.31. The fourth-order valence-corrected chi connectivity index (χ4v) is 2.93. The van der Waals surface area contributed by atoms with E-state index < -0.39 is 0 Å². The lowest BCUT2D eigenvalue weighted by Gasteiger charge is -2.35. The van der Waals surface area contributed by atoms with E-state index in [1.807, 2.05) is 12.1 Å². The molecule has 1 aliphatic heterocycles. The topological polar surface area (TPSA) is 55.0 Å². The van der Waals surface area contributed by atoms with E-state index in [0.717, 1.165) is 30.8 Å². The molecule has 0 radical (unpaired) electrons. The van der Waals surface area contributed by atoms with Crippen molar-refractivity contribution in [3.63, 3.8) is 0 Å². The van der Waals surface area contributed by atoms with Crippen LogP contribution in [0.2, 0.25) is 0 Å². The van der Waals surface area contributed by atoms with E-state index in [9.17, 15) is 4.39 Å². The van der Waals surface area contributed by atoms with Crippen molar-refractivity contribution >= 4 is 5.82 Å². The van der Waals surface area contributed by atoms with Crippen molar-refractivity contribution in [2.75, 3.05) is 12.3 Å². The summed E-state index contributed by atoms with van der Waals surface area (Å²) >= 11 is 0. The van der Waals surface area contributed by atoms with E-state index in [1.165, 1.54) is 25.1 Å². The van der Waals surface area contributed by atoms with Crippen molar-refractivity contribution in [3.8, 4) is 0 Å². The first kappa shape index (κ1) is 13.9. The van der Waals surface area contributed by atoms with Crippen molar-refractivity contribution in [2.45, 2.75) is 31.8 Å². The molecule has 4 nitrogen and oxygen atoms in total. The summed E-state index contributed by atoms with van der Waals surface area (Å²) < 4.78 is 13.0. The van der Waals surface area contributed by atoms with Gasteiger partial charge in [-0.05, 0) is 49.2 Å². The van der Waals surface area contributed by atoms with Crippen molar-refractivity contribution in [1.29, 1.82) is 0 Å². The number of nitrogens with zero attached hydrogens (tertiary/aromatic N) is 3. The summed E-state index contributed by atoms with van der Waals surface area (Å²) in [5.74, 6) is 0.254. The number of pyridine rings is 2. The number of anilines is 1. The molecule has 21 heavy (non-hydrogen) atoms. The summed E-state index contributed by atoms with van der Waals surface area (Å²) in [5.41, 5.74) is 7.83. The smallest absolute Gasteiger partial charge is 0.141 e. The molecule has 0 aliphatic carbocycles. The van der Waals surface area contributed by atoms with Gasteiger partial charge in [-0.15, -0.1) is 0 Å². The fourth-order valence-electron chi connectivity index (χ4n) is 2.93. The third kappa shape index (κ3) is 3.36. The van der Waals surface area contributed by atoms with E-state index in [-0.39, 0.29) is 11.9 Å². The average Bonchev–Trinajstić information content (AvgIpc) is 2.49. The molecule has 2 aromatic rings. The molecule has 1 aliphatic rings. The Balaban J connectivity index is 1.79. The van der Waals surface area contributed by atoms with E-state index in [1.54, 1.807) is 12.3 Å². The van der Waals surface area contributed by atoms with E-state index in [4.69, 9.17) is 5.73 Å². The third-order valence-corrected chi connectivity index (χ3v) is 3.94. The molecular weight excluding hydrogens is 267 g/mol. The molecule has 0 bridgehead atoms. The van der Waals surface area contributed by atoms with Crippen LogP contribution in [0.4, 0.5) is 10.2 Å². The van der Waals surface area contributed by atoms with E-state index in [2.05, 4.69) is 14.9 Å². The van der Waals surface area contributed by atoms with E-state index >= 15 is 0 Å². The number of halogens is 1. The zero-order valence-corrected chi connectivity index (χ0v) is 11.9. The summed E-state index contributed by atoms with van der Waals surface area (Å²) in [6.07, 6.45) is 6.45. The Hall–Kier alpha value is -2.01. The molecule has 3 rings (SSSR count). The summed E-state index contributed by atoms with van der Waals surface area (Å²) in [6, 6.07) is 7.41. The van der Waals surface area contributed by atoms with Gasteiger partial charge in [-0.3, -0.25) is 9.88 Å². The molecule has 1 unspecified atom stereocenters. The predicted molar refractivity (Wildman–Crippen MR) is 79.8 cm³/mol. The number of aromatic nitrogens is 2. The first-order chi connectivity index (χ1) is 10.2. The van der Waals surface area contributed by atoms with Gasteiger partial charge in [0.25, 0.3) is 0 Å². The Kier molecular flexibility index (Phi) is 4.10. The van der Waals surface area contributed by atoms with Crippen molar-refractivity contribution in [1.82, 2.24) is 14.9 Å². The number of nitrogen functional groups attached to an aromatic ring is 1. The molecule has 2 aromatic heterocycles. The molecule has 110 valence electrons. The molecular formula is C16H19FN4. The standard InChI is InChI=1S/C16H19FN4/c17-13-4-5-14(20-10-13)15-3-1-2-8-21(15)11-12-6-7-19-16(18)9-12/h4-7,9-10,15H,1-3,8,11H2,(H2,18,19). The van der Waals surface area contributed by atoms with Crippen molar-refractivity contribution in [2.24, 2.45) is 0 Å². The van der Waals surface area contributed by atoms with Gasteiger partial charge in [-0.25, -0.2) is 9.37 Å². The van der Waals surface area contributed by atoms with Crippen LogP contribution < -0.4 is 5.73 Å².